The summed E-state index contributed by atoms with van der Waals surface area (Å²) in [6.07, 6.45) is 8.45. The molecule has 3 nitrogen and oxygen atoms in total. The van der Waals surface area contributed by atoms with Gasteiger partial charge in [0.1, 0.15) is 5.75 Å². The van der Waals surface area contributed by atoms with Gasteiger partial charge in [-0.1, -0.05) is 39.0 Å². The van der Waals surface area contributed by atoms with Gasteiger partial charge in [-0.3, -0.25) is 4.98 Å². The van der Waals surface area contributed by atoms with Crippen molar-refractivity contribution in [3.8, 4) is 5.75 Å². The van der Waals surface area contributed by atoms with Gasteiger partial charge in [0.25, 0.3) is 0 Å². The summed E-state index contributed by atoms with van der Waals surface area (Å²) in [6.45, 7) is 7.03. The predicted octanol–water partition coefficient (Wildman–Crippen LogP) is 4.02. The Balaban J connectivity index is 2.35. The SMILES string of the molecule is CCCCCCCCOc1ccc(C)nc1CC(C)N. The lowest BCUT2D eigenvalue weighted by atomic mass is 10.1. The number of unbranched alkanes of at least 4 members (excludes halogenated alkanes) is 5. The van der Waals surface area contributed by atoms with E-state index in [1.807, 2.05) is 26.0 Å². The standard InChI is InChI=1S/C17H30N2O/c1-4-5-6-7-8-9-12-20-17-11-10-15(3)19-16(17)13-14(2)18/h10-11,14H,4-9,12-13,18H2,1-3H3. The average molecular weight is 278 g/mol. The van der Waals surface area contributed by atoms with E-state index in [-0.39, 0.29) is 6.04 Å². The molecule has 1 heterocycles. The molecule has 0 aromatic carbocycles. The summed E-state index contributed by atoms with van der Waals surface area (Å²) >= 11 is 0. The Kier molecular flexibility index (Phi) is 8.28. The highest BCUT2D eigenvalue weighted by Crippen LogP contribution is 2.19. The molecule has 1 aromatic heterocycles. The fourth-order valence-corrected chi connectivity index (χ4v) is 2.24. The van der Waals surface area contributed by atoms with Gasteiger partial charge >= 0.3 is 0 Å². The van der Waals surface area contributed by atoms with Crippen molar-refractivity contribution in [3.63, 3.8) is 0 Å². The zero-order chi connectivity index (χ0) is 14.8. The minimum Gasteiger partial charge on any atom is -0.492 e. The Bertz CT molecular complexity index is 377. The fourth-order valence-electron chi connectivity index (χ4n) is 2.24. The zero-order valence-electron chi connectivity index (χ0n) is 13.3. The van der Waals surface area contributed by atoms with Crippen LogP contribution in [-0.2, 0) is 6.42 Å². The predicted molar refractivity (Wildman–Crippen MR) is 85.2 cm³/mol. The number of hydrogen-bond acceptors (Lipinski definition) is 3. The van der Waals surface area contributed by atoms with Crippen LogP contribution in [-0.4, -0.2) is 17.6 Å². The van der Waals surface area contributed by atoms with Crippen LogP contribution in [0.5, 0.6) is 5.75 Å². The van der Waals surface area contributed by atoms with Crippen LogP contribution in [0.4, 0.5) is 0 Å². The molecule has 0 saturated heterocycles. The summed E-state index contributed by atoms with van der Waals surface area (Å²) in [5, 5.41) is 0. The van der Waals surface area contributed by atoms with Crippen LogP contribution in [0.25, 0.3) is 0 Å². The van der Waals surface area contributed by atoms with E-state index in [0.717, 1.165) is 36.6 Å². The lowest BCUT2D eigenvalue weighted by Gasteiger charge is -2.13. The van der Waals surface area contributed by atoms with E-state index in [0.29, 0.717) is 0 Å². The minimum atomic E-state index is 0.112. The number of aryl methyl sites for hydroxylation is 1. The van der Waals surface area contributed by atoms with Gasteiger partial charge in [-0.15, -0.1) is 0 Å². The van der Waals surface area contributed by atoms with Gasteiger partial charge in [0.2, 0.25) is 0 Å². The smallest absolute Gasteiger partial charge is 0.140 e. The maximum absolute atomic E-state index is 5.88. The molecule has 20 heavy (non-hydrogen) atoms. The van der Waals surface area contributed by atoms with Crippen molar-refractivity contribution in [2.45, 2.75) is 71.8 Å². The summed E-state index contributed by atoms with van der Waals surface area (Å²) in [5.41, 5.74) is 7.88. The first kappa shape index (κ1) is 17.0. The van der Waals surface area contributed by atoms with Crippen molar-refractivity contribution >= 4 is 0 Å². The molecule has 0 saturated carbocycles. The molecular formula is C17H30N2O. The summed E-state index contributed by atoms with van der Waals surface area (Å²) < 4.78 is 5.88. The minimum absolute atomic E-state index is 0.112. The third kappa shape index (κ3) is 6.90. The van der Waals surface area contributed by atoms with Crippen LogP contribution in [0.2, 0.25) is 0 Å². The van der Waals surface area contributed by atoms with Crippen molar-refractivity contribution in [2.75, 3.05) is 6.61 Å². The molecular weight excluding hydrogens is 248 g/mol. The maximum Gasteiger partial charge on any atom is 0.140 e. The Morgan fingerprint density at radius 2 is 1.85 bits per heavy atom. The average Bonchev–Trinajstić information content (AvgIpc) is 2.39. The summed E-state index contributed by atoms with van der Waals surface area (Å²) in [6, 6.07) is 4.14. The number of ether oxygens (including phenoxy) is 1. The van der Waals surface area contributed by atoms with E-state index in [2.05, 4.69) is 11.9 Å². The van der Waals surface area contributed by atoms with Crippen LogP contribution in [0, 0.1) is 6.92 Å². The lowest BCUT2D eigenvalue weighted by molar-refractivity contribution is 0.299. The molecule has 1 unspecified atom stereocenters. The van der Waals surface area contributed by atoms with Crippen LogP contribution >= 0.6 is 0 Å². The number of aromatic nitrogens is 1. The van der Waals surface area contributed by atoms with Crippen LogP contribution in [0.3, 0.4) is 0 Å². The number of nitrogens with zero attached hydrogens (tertiary/aromatic N) is 1. The second-order valence-corrected chi connectivity index (χ2v) is 5.70. The normalized spacial score (nSPS) is 12.4. The number of rotatable bonds is 10. The van der Waals surface area contributed by atoms with Crippen LogP contribution in [0.15, 0.2) is 12.1 Å². The van der Waals surface area contributed by atoms with E-state index >= 15 is 0 Å². The Morgan fingerprint density at radius 1 is 1.15 bits per heavy atom. The first-order valence-electron chi connectivity index (χ1n) is 7.98. The van der Waals surface area contributed by atoms with Gasteiger partial charge in [-0.05, 0) is 32.4 Å². The molecule has 0 amide bonds. The van der Waals surface area contributed by atoms with Crippen LogP contribution < -0.4 is 10.5 Å². The Morgan fingerprint density at radius 3 is 2.55 bits per heavy atom. The van der Waals surface area contributed by atoms with Crippen molar-refractivity contribution < 1.29 is 4.74 Å². The van der Waals surface area contributed by atoms with Crippen molar-refractivity contribution in [1.29, 1.82) is 0 Å². The van der Waals surface area contributed by atoms with Crippen molar-refractivity contribution in [3.05, 3.63) is 23.5 Å². The topological polar surface area (TPSA) is 48.1 Å². The molecule has 114 valence electrons. The molecule has 0 bridgehead atoms. The fraction of sp³-hybridized carbons (Fsp3) is 0.706. The molecule has 1 aromatic rings. The van der Waals surface area contributed by atoms with E-state index in [9.17, 15) is 0 Å². The molecule has 1 atom stereocenters. The van der Waals surface area contributed by atoms with Crippen molar-refractivity contribution in [2.24, 2.45) is 5.73 Å². The third-order valence-electron chi connectivity index (χ3n) is 3.34. The molecule has 1 rings (SSSR count). The second kappa shape index (κ2) is 9.76. The zero-order valence-corrected chi connectivity index (χ0v) is 13.3. The monoisotopic (exact) mass is 278 g/mol. The van der Waals surface area contributed by atoms with Gasteiger partial charge in [0.05, 0.1) is 12.3 Å². The van der Waals surface area contributed by atoms with Crippen molar-refractivity contribution in [1.82, 2.24) is 4.98 Å². The van der Waals surface area contributed by atoms with Gasteiger partial charge < -0.3 is 10.5 Å². The lowest BCUT2D eigenvalue weighted by Crippen LogP contribution is -2.19. The van der Waals surface area contributed by atoms with E-state index in [1.54, 1.807) is 0 Å². The summed E-state index contributed by atoms with van der Waals surface area (Å²) in [5.74, 6) is 0.904. The molecule has 3 heteroatoms. The highest BCUT2D eigenvalue weighted by atomic mass is 16.5. The summed E-state index contributed by atoms with van der Waals surface area (Å²) in [7, 11) is 0. The number of nitrogens with two attached hydrogens (primary N) is 1. The molecule has 0 fully saturated rings. The van der Waals surface area contributed by atoms with E-state index in [4.69, 9.17) is 10.5 Å². The molecule has 0 aliphatic heterocycles. The largest absolute Gasteiger partial charge is 0.492 e. The summed E-state index contributed by atoms with van der Waals surface area (Å²) in [4.78, 5) is 4.55. The molecule has 0 aliphatic rings. The third-order valence-corrected chi connectivity index (χ3v) is 3.34. The second-order valence-electron chi connectivity index (χ2n) is 5.70. The highest BCUT2D eigenvalue weighted by molar-refractivity contribution is 5.29. The van der Waals surface area contributed by atoms with E-state index in [1.165, 1.54) is 32.1 Å². The molecule has 0 radical (unpaired) electrons. The van der Waals surface area contributed by atoms with Gasteiger partial charge in [-0.2, -0.15) is 0 Å². The maximum atomic E-state index is 5.88. The van der Waals surface area contributed by atoms with Gasteiger partial charge in [-0.25, -0.2) is 0 Å². The van der Waals surface area contributed by atoms with Crippen LogP contribution in [0.1, 0.15) is 63.8 Å². The molecule has 0 aliphatic carbocycles. The Hall–Kier alpha value is -1.09. The molecule has 0 spiro atoms. The number of hydrogen-bond donors (Lipinski definition) is 1. The van der Waals surface area contributed by atoms with Gasteiger partial charge in [0.15, 0.2) is 0 Å². The number of pyridine rings is 1. The quantitative estimate of drug-likeness (QED) is 0.658. The van der Waals surface area contributed by atoms with E-state index < -0.39 is 0 Å². The first-order chi connectivity index (χ1) is 9.63. The molecule has 2 N–H and O–H groups in total. The first-order valence-corrected chi connectivity index (χ1v) is 7.98. The highest BCUT2D eigenvalue weighted by Gasteiger charge is 2.08. The Labute approximate surface area is 123 Å². The van der Waals surface area contributed by atoms with Gasteiger partial charge in [0, 0.05) is 18.2 Å².